The van der Waals surface area contributed by atoms with Gasteiger partial charge in [-0.25, -0.2) is 0 Å². The monoisotopic (exact) mass is 378 g/mol. The molecule has 5 nitrogen and oxygen atoms in total. The molecule has 0 atom stereocenters. The molecule has 1 aromatic carbocycles. The molecule has 1 saturated heterocycles. The van der Waals surface area contributed by atoms with Crippen LogP contribution in [0.5, 0.6) is 0 Å². The third kappa shape index (κ3) is 3.58. The number of thiocarbonyl (C=S) groups is 1. The molecule has 0 radical (unpaired) electrons. The van der Waals surface area contributed by atoms with Gasteiger partial charge < -0.3 is 5.32 Å². The van der Waals surface area contributed by atoms with Crippen LogP contribution in [0.15, 0.2) is 66.0 Å². The molecule has 0 spiro atoms. The van der Waals surface area contributed by atoms with Crippen molar-refractivity contribution >= 4 is 40.3 Å². The fourth-order valence-corrected chi connectivity index (χ4v) is 3.70. The Morgan fingerprint density at radius 2 is 2.04 bits per heavy atom. The van der Waals surface area contributed by atoms with Crippen molar-refractivity contribution in [1.82, 2.24) is 20.1 Å². The molecule has 7 heteroatoms. The average Bonchev–Trinajstić information content (AvgIpc) is 3.19. The Hall–Kier alpha value is -2.77. The number of thioether (sulfide) groups is 1. The maximum Gasteiger partial charge on any atom is 0.263 e. The fraction of sp³-hybridized carbons (Fsp3) is 0.0526. The molecule has 0 aliphatic carbocycles. The van der Waals surface area contributed by atoms with Crippen LogP contribution in [-0.2, 0) is 11.3 Å². The predicted molar refractivity (Wildman–Crippen MR) is 107 cm³/mol. The van der Waals surface area contributed by atoms with Crippen molar-refractivity contribution in [3.63, 3.8) is 0 Å². The molecule has 1 fully saturated rings. The minimum Gasteiger partial charge on any atom is -0.307 e. The van der Waals surface area contributed by atoms with E-state index in [0.29, 0.717) is 15.8 Å². The van der Waals surface area contributed by atoms with Gasteiger partial charge in [-0.1, -0.05) is 60.4 Å². The van der Waals surface area contributed by atoms with Crippen molar-refractivity contribution in [3.8, 4) is 11.1 Å². The lowest BCUT2D eigenvalue weighted by Gasteiger charge is -2.00. The summed E-state index contributed by atoms with van der Waals surface area (Å²) in [5, 5.41) is 7.31. The second kappa shape index (κ2) is 7.23. The summed E-state index contributed by atoms with van der Waals surface area (Å²) in [7, 11) is 0. The van der Waals surface area contributed by atoms with Crippen LogP contribution < -0.4 is 5.32 Å². The lowest BCUT2D eigenvalue weighted by atomic mass is 10.1. The van der Waals surface area contributed by atoms with Gasteiger partial charge in [-0.15, -0.1) is 0 Å². The molecular formula is C19H14N4OS2. The highest BCUT2D eigenvalue weighted by molar-refractivity contribution is 8.26. The van der Waals surface area contributed by atoms with Crippen molar-refractivity contribution < 1.29 is 4.79 Å². The molecule has 3 heterocycles. The van der Waals surface area contributed by atoms with E-state index in [2.05, 4.69) is 27.5 Å². The number of carbonyl (C=O) groups excluding carboxylic acids is 1. The zero-order valence-corrected chi connectivity index (χ0v) is 15.3. The first-order valence-corrected chi connectivity index (χ1v) is 9.18. The van der Waals surface area contributed by atoms with Crippen molar-refractivity contribution in [2.45, 2.75) is 6.54 Å². The number of nitrogens with one attached hydrogen (secondary N) is 1. The summed E-state index contributed by atoms with van der Waals surface area (Å²) in [5.74, 6) is -0.185. The SMILES string of the molecule is O=C1NC(=S)S/C1=C/c1nn(Cc2ccccc2)cc1-c1cccnc1. The second-order valence-corrected chi connectivity index (χ2v) is 7.42. The number of nitrogens with zero attached hydrogens (tertiary/aromatic N) is 3. The van der Waals surface area contributed by atoms with E-state index < -0.39 is 0 Å². The summed E-state index contributed by atoms with van der Waals surface area (Å²) < 4.78 is 2.34. The average molecular weight is 378 g/mol. The van der Waals surface area contributed by atoms with Gasteiger partial charge in [-0.05, 0) is 17.7 Å². The Bertz CT molecular complexity index is 997. The lowest BCUT2D eigenvalue weighted by molar-refractivity contribution is -0.115. The van der Waals surface area contributed by atoms with Crippen LogP contribution in [0.3, 0.4) is 0 Å². The van der Waals surface area contributed by atoms with E-state index in [-0.39, 0.29) is 5.91 Å². The largest absolute Gasteiger partial charge is 0.307 e. The topological polar surface area (TPSA) is 59.8 Å². The normalized spacial score (nSPS) is 15.5. The minimum absolute atomic E-state index is 0.185. The van der Waals surface area contributed by atoms with Crippen molar-refractivity contribution in [2.24, 2.45) is 0 Å². The van der Waals surface area contributed by atoms with Gasteiger partial charge in [0.25, 0.3) is 5.91 Å². The molecule has 1 N–H and O–H groups in total. The number of hydrogen-bond acceptors (Lipinski definition) is 5. The quantitative estimate of drug-likeness (QED) is 0.556. The Morgan fingerprint density at radius 1 is 1.19 bits per heavy atom. The number of aromatic nitrogens is 3. The van der Waals surface area contributed by atoms with Crippen LogP contribution in [0.1, 0.15) is 11.3 Å². The maximum atomic E-state index is 12.0. The Kier molecular flexibility index (Phi) is 4.64. The first-order valence-electron chi connectivity index (χ1n) is 7.96. The smallest absolute Gasteiger partial charge is 0.263 e. The Labute approximate surface area is 160 Å². The van der Waals surface area contributed by atoms with E-state index >= 15 is 0 Å². The Morgan fingerprint density at radius 3 is 2.73 bits per heavy atom. The Balaban J connectivity index is 1.75. The van der Waals surface area contributed by atoms with Gasteiger partial charge in [0.15, 0.2) is 0 Å². The molecule has 0 saturated carbocycles. The van der Waals surface area contributed by atoms with Gasteiger partial charge in [0.05, 0.1) is 17.1 Å². The van der Waals surface area contributed by atoms with Gasteiger partial charge in [-0.2, -0.15) is 5.10 Å². The first-order chi connectivity index (χ1) is 12.7. The molecule has 26 heavy (non-hydrogen) atoms. The van der Waals surface area contributed by atoms with Crippen LogP contribution >= 0.6 is 24.0 Å². The van der Waals surface area contributed by atoms with Gasteiger partial charge in [0, 0.05) is 29.7 Å². The van der Waals surface area contributed by atoms with E-state index in [0.717, 1.165) is 22.4 Å². The summed E-state index contributed by atoms with van der Waals surface area (Å²) in [6.45, 7) is 0.648. The summed E-state index contributed by atoms with van der Waals surface area (Å²) in [6.07, 6.45) is 7.28. The lowest BCUT2D eigenvalue weighted by Crippen LogP contribution is -2.17. The molecular weight excluding hydrogens is 364 g/mol. The van der Waals surface area contributed by atoms with Crippen LogP contribution in [0, 0.1) is 0 Å². The number of pyridine rings is 1. The third-order valence-electron chi connectivity index (χ3n) is 3.86. The standard InChI is InChI=1S/C19H14N4OS2/c24-18-17(26-19(25)21-18)9-16-15(14-7-4-8-20-10-14)12-23(22-16)11-13-5-2-1-3-6-13/h1-10,12H,11H2,(H,21,24,25)/b17-9+. The number of amides is 1. The first kappa shape index (κ1) is 16.7. The highest BCUT2D eigenvalue weighted by Gasteiger charge is 2.23. The van der Waals surface area contributed by atoms with Crippen molar-refractivity contribution in [3.05, 3.63) is 77.2 Å². The molecule has 1 aliphatic heterocycles. The van der Waals surface area contributed by atoms with Gasteiger partial charge >= 0.3 is 0 Å². The number of benzene rings is 1. The molecule has 1 amide bonds. The maximum absolute atomic E-state index is 12.0. The molecule has 4 rings (SSSR count). The zero-order chi connectivity index (χ0) is 17.9. The van der Waals surface area contributed by atoms with E-state index in [9.17, 15) is 4.79 Å². The van der Waals surface area contributed by atoms with Crippen molar-refractivity contribution in [1.29, 1.82) is 0 Å². The van der Waals surface area contributed by atoms with E-state index in [1.165, 1.54) is 11.8 Å². The summed E-state index contributed by atoms with van der Waals surface area (Å²) in [4.78, 5) is 16.7. The molecule has 128 valence electrons. The van der Waals surface area contributed by atoms with Crippen LogP contribution in [0.25, 0.3) is 17.2 Å². The van der Waals surface area contributed by atoms with E-state index in [1.54, 1.807) is 18.5 Å². The summed E-state index contributed by atoms with van der Waals surface area (Å²) in [5.41, 5.74) is 3.75. The molecule has 0 unspecified atom stereocenters. The number of carbonyl (C=O) groups is 1. The number of rotatable bonds is 4. The van der Waals surface area contributed by atoms with Gasteiger partial charge in [0.2, 0.25) is 0 Å². The number of hydrogen-bond donors (Lipinski definition) is 1. The van der Waals surface area contributed by atoms with Gasteiger partial charge in [0.1, 0.15) is 4.32 Å². The zero-order valence-electron chi connectivity index (χ0n) is 13.6. The molecule has 1 aliphatic rings. The highest BCUT2D eigenvalue weighted by atomic mass is 32.2. The molecule has 3 aromatic rings. The van der Waals surface area contributed by atoms with E-state index in [4.69, 9.17) is 12.2 Å². The molecule has 2 aromatic heterocycles. The second-order valence-electron chi connectivity index (χ2n) is 5.71. The summed E-state index contributed by atoms with van der Waals surface area (Å²) in [6, 6.07) is 14.0. The highest BCUT2D eigenvalue weighted by Crippen LogP contribution is 2.30. The van der Waals surface area contributed by atoms with Crippen LogP contribution in [0.4, 0.5) is 0 Å². The minimum atomic E-state index is -0.185. The van der Waals surface area contributed by atoms with Crippen LogP contribution in [-0.4, -0.2) is 25.0 Å². The predicted octanol–water partition coefficient (Wildman–Crippen LogP) is 3.48. The van der Waals surface area contributed by atoms with Crippen molar-refractivity contribution in [2.75, 3.05) is 0 Å². The summed E-state index contributed by atoms with van der Waals surface area (Å²) >= 11 is 6.31. The fourth-order valence-electron chi connectivity index (χ4n) is 2.68. The molecule has 0 bridgehead atoms. The van der Waals surface area contributed by atoms with Crippen LogP contribution in [0.2, 0.25) is 0 Å². The third-order valence-corrected chi connectivity index (χ3v) is 5.02. The van der Waals surface area contributed by atoms with E-state index in [1.807, 2.05) is 41.2 Å². The van der Waals surface area contributed by atoms with Gasteiger partial charge in [-0.3, -0.25) is 14.5 Å².